The lowest BCUT2D eigenvalue weighted by molar-refractivity contribution is -0.137. The molecule has 1 amide bonds. The first kappa shape index (κ1) is 20.4. The zero-order valence-corrected chi connectivity index (χ0v) is 17.1. The Bertz CT molecular complexity index is 1070. The minimum Gasteiger partial charge on any atom is -0.361 e. The molecular formula is C22H20F3N3OS. The second-order valence-corrected chi connectivity index (χ2v) is 8.25. The van der Waals surface area contributed by atoms with Crippen molar-refractivity contribution < 1.29 is 18.0 Å². The highest BCUT2D eigenvalue weighted by molar-refractivity contribution is 7.19. The van der Waals surface area contributed by atoms with Crippen molar-refractivity contribution in [2.75, 3.05) is 17.2 Å². The van der Waals surface area contributed by atoms with Crippen LogP contribution >= 0.6 is 11.3 Å². The molecule has 1 aliphatic rings. The largest absolute Gasteiger partial charge is 0.416 e. The SMILES string of the molecule is Cc1nc(NCCCc2ccc(C(F)(F)F)cc2)sc1-c1ccc2c(c1)CC(=O)N2. The van der Waals surface area contributed by atoms with Crippen molar-refractivity contribution in [3.8, 4) is 10.4 Å². The van der Waals surface area contributed by atoms with Crippen LogP contribution in [0.25, 0.3) is 10.4 Å². The Kier molecular flexibility index (Phi) is 5.51. The summed E-state index contributed by atoms with van der Waals surface area (Å²) in [6, 6.07) is 11.2. The molecule has 4 nitrogen and oxygen atoms in total. The average Bonchev–Trinajstić information content (AvgIpc) is 3.25. The number of aromatic nitrogens is 1. The van der Waals surface area contributed by atoms with Crippen molar-refractivity contribution in [1.29, 1.82) is 0 Å². The Morgan fingerprint density at radius 2 is 1.93 bits per heavy atom. The number of carbonyl (C=O) groups is 1. The van der Waals surface area contributed by atoms with E-state index in [1.54, 1.807) is 11.3 Å². The summed E-state index contributed by atoms with van der Waals surface area (Å²) in [5.41, 5.74) is 4.08. The van der Waals surface area contributed by atoms with Crippen LogP contribution in [0.4, 0.5) is 24.0 Å². The van der Waals surface area contributed by atoms with Crippen molar-refractivity contribution in [1.82, 2.24) is 4.98 Å². The van der Waals surface area contributed by atoms with E-state index in [2.05, 4.69) is 15.6 Å². The van der Waals surface area contributed by atoms with E-state index in [1.165, 1.54) is 12.1 Å². The number of thiazole rings is 1. The molecule has 0 unspecified atom stereocenters. The second kappa shape index (κ2) is 8.10. The molecule has 0 spiro atoms. The first-order valence-electron chi connectivity index (χ1n) is 9.60. The first-order valence-corrected chi connectivity index (χ1v) is 10.4. The molecule has 0 saturated carbocycles. The molecule has 0 radical (unpaired) electrons. The molecule has 8 heteroatoms. The third-order valence-corrected chi connectivity index (χ3v) is 6.15. The lowest BCUT2D eigenvalue weighted by Gasteiger charge is -2.08. The van der Waals surface area contributed by atoms with E-state index in [9.17, 15) is 18.0 Å². The highest BCUT2D eigenvalue weighted by Crippen LogP contribution is 2.36. The minimum atomic E-state index is -4.30. The summed E-state index contributed by atoms with van der Waals surface area (Å²) in [5.74, 6) is 0.0126. The van der Waals surface area contributed by atoms with Crippen molar-refractivity contribution in [3.63, 3.8) is 0 Å². The Labute approximate surface area is 176 Å². The van der Waals surface area contributed by atoms with Crippen LogP contribution < -0.4 is 10.6 Å². The number of halogens is 3. The van der Waals surface area contributed by atoms with Gasteiger partial charge in [0.2, 0.25) is 5.91 Å². The van der Waals surface area contributed by atoms with E-state index in [-0.39, 0.29) is 5.91 Å². The maximum Gasteiger partial charge on any atom is 0.416 e. The summed E-state index contributed by atoms with van der Waals surface area (Å²) < 4.78 is 37.9. The Morgan fingerprint density at radius 1 is 1.17 bits per heavy atom. The smallest absolute Gasteiger partial charge is 0.361 e. The van der Waals surface area contributed by atoms with Crippen LogP contribution in [0.2, 0.25) is 0 Å². The van der Waals surface area contributed by atoms with Gasteiger partial charge in [-0.2, -0.15) is 13.2 Å². The molecule has 30 heavy (non-hydrogen) atoms. The molecule has 0 saturated heterocycles. The molecule has 156 valence electrons. The highest BCUT2D eigenvalue weighted by Gasteiger charge is 2.29. The van der Waals surface area contributed by atoms with Gasteiger partial charge in [-0.15, -0.1) is 0 Å². The Balaban J connectivity index is 1.33. The fraction of sp³-hybridized carbons (Fsp3) is 0.273. The van der Waals surface area contributed by atoms with Gasteiger partial charge in [-0.1, -0.05) is 29.5 Å². The number of hydrogen-bond acceptors (Lipinski definition) is 4. The van der Waals surface area contributed by atoms with Gasteiger partial charge in [0.25, 0.3) is 0 Å². The van der Waals surface area contributed by atoms with Gasteiger partial charge in [0, 0.05) is 12.2 Å². The molecular weight excluding hydrogens is 411 g/mol. The number of alkyl halides is 3. The standard InChI is InChI=1S/C22H20F3N3OS/c1-13-20(15-6-9-18-16(11-15)12-19(29)28-18)30-21(27-13)26-10-2-3-14-4-7-17(8-5-14)22(23,24)25/h4-9,11H,2-3,10,12H2,1H3,(H,26,27)(H,28,29). The summed E-state index contributed by atoms with van der Waals surface area (Å²) in [6.45, 7) is 2.63. The average molecular weight is 431 g/mol. The summed E-state index contributed by atoms with van der Waals surface area (Å²) in [4.78, 5) is 17.2. The van der Waals surface area contributed by atoms with Gasteiger partial charge in [0.1, 0.15) is 0 Å². The van der Waals surface area contributed by atoms with Crippen LogP contribution in [-0.2, 0) is 23.8 Å². The van der Waals surface area contributed by atoms with Gasteiger partial charge >= 0.3 is 6.18 Å². The van der Waals surface area contributed by atoms with E-state index in [1.807, 2.05) is 25.1 Å². The van der Waals surface area contributed by atoms with Gasteiger partial charge < -0.3 is 10.6 Å². The van der Waals surface area contributed by atoms with Crippen LogP contribution in [0.5, 0.6) is 0 Å². The monoisotopic (exact) mass is 431 g/mol. The van der Waals surface area contributed by atoms with Gasteiger partial charge in [-0.3, -0.25) is 4.79 Å². The molecule has 1 aromatic heterocycles. The fourth-order valence-corrected chi connectivity index (χ4v) is 4.45. The lowest BCUT2D eigenvalue weighted by atomic mass is 10.1. The first-order chi connectivity index (χ1) is 14.3. The fourth-order valence-electron chi connectivity index (χ4n) is 3.46. The summed E-state index contributed by atoms with van der Waals surface area (Å²) in [5, 5.41) is 6.95. The molecule has 0 aliphatic carbocycles. The number of benzene rings is 2. The summed E-state index contributed by atoms with van der Waals surface area (Å²) in [6.07, 6.45) is -2.43. The van der Waals surface area contributed by atoms with E-state index in [4.69, 9.17) is 0 Å². The van der Waals surface area contributed by atoms with E-state index < -0.39 is 11.7 Å². The zero-order chi connectivity index (χ0) is 21.3. The molecule has 2 heterocycles. The van der Waals surface area contributed by atoms with Gasteiger partial charge in [-0.25, -0.2) is 4.98 Å². The molecule has 2 N–H and O–H groups in total. The number of aryl methyl sites for hydroxylation is 2. The van der Waals surface area contributed by atoms with Crippen molar-refractivity contribution in [2.45, 2.75) is 32.4 Å². The minimum absolute atomic E-state index is 0.0126. The van der Waals surface area contributed by atoms with Crippen LogP contribution in [0.3, 0.4) is 0 Å². The molecule has 1 aliphatic heterocycles. The lowest BCUT2D eigenvalue weighted by Crippen LogP contribution is -2.05. The number of carbonyl (C=O) groups excluding carboxylic acids is 1. The number of nitrogens with one attached hydrogen (secondary N) is 2. The van der Waals surface area contributed by atoms with Crippen LogP contribution in [0.15, 0.2) is 42.5 Å². The predicted molar refractivity (Wildman–Crippen MR) is 113 cm³/mol. The van der Waals surface area contributed by atoms with Crippen molar-refractivity contribution >= 4 is 28.1 Å². The Hall–Kier alpha value is -2.87. The number of amides is 1. The number of fused-ring (bicyclic) bond motifs is 1. The topological polar surface area (TPSA) is 54.0 Å². The summed E-state index contributed by atoms with van der Waals surface area (Å²) >= 11 is 1.56. The van der Waals surface area contributed by atoms with E-state index in [0.29, 0.717) is 19.4 Å². The highest BCUT2D eigenvalue weighted by atomic mass is 32.1. The third kappa shape index (κ3) is 4.48. The third-order valence-electron chi connectivity index (χ3n) is 4.99. The van der Waals surface area contributed by atoms with Crippen LogP contribution in [0.1, 0.15) is 28.8 Å². The molecule has 2 aromatic carbocycles. The van der Waals surface area contributed by atoms with E-state index >= 15 is 0 Å². The van der Waals surface area contributed by atoms with Crippen LogP contribution in [0, 0.1) is 6.92 Å². The number of anilines is 2. The number of nitrogens with zero attached hydrogens (tertiary/aromatic N) is 1. The normalized spacial score (nSPS) is 13.3. The molecule has 4 rings (SSSR count). The number of hydrogen-bond donors (Lipinski definition) is 2. The molecule has 0 fully saturated rings. The van der Waals surface area contributed by atoms with Gasteiger partial charge in [0.15, 0.2) is 5.13 Å². The van der Waals surface area contributed by atoms with Crippen molar-refractivity contribution in [2.24, 2.45) is 0 Å². The van der Waals surface area contributed by atoms with Gasteiger partial charge in [0.05, 0.1) is 22.6 Å². The van der Waals surface area contributed by atoms with Crippen molar-refractivity contribution in [3.05, 3.63) is 64.8 Å². The summed E-state index contributed by atoms with van der Waals surface area (Å²) in [7, 11) is 0. The van der Waals surface area contributed by atoms with E-state index in [0.717, 1.165) is 56.6 Å². The maximum atomic E-state index is 12.6. The Morgan fingerprint density at radius 3 is 2.67 bits per heavy atom. The molecule has 0 bridgehead atoms. The van der Waals surface area contributed by atoms with Crippen LogP contribution in [-0.4, -0.2) is 17.4 Å². The zero-order valence-electron chi connectivity index (χ0n) is 16.3. The molecule has 3 aromatic rings. The molecule has 0 atom stereocenters. The quantitative estimate of drug-likeness (QED) is 0.494. The number of rotatable bonds is 6. The predicted octanol–water partition coefficient (Wildman–Crippen LogP) is 5.68. The maximum absolute atomic E-state index is 12.6. The van der Waals surface area contributed by atoms with Gasteiger partial charge in [-0.05, 0) is 60.7 Å². The second-order valence-electron chi connectivity index (χ2n) is 7.26.